The minimum atomic E-state index is 0.107. The lowest BCUT2D eigenvalue weighted by molar-refractivity contribution is 0.272. The van der Waals surface area contributed by atoms with Crippen LogP contribution >= 0.6 is 0 Å². The summed E-state index contributed by atoms with van der Waals surface area (Å²) in [6.45, 7) is 2.38. The number of rotatable bonds is 4. The van der Waals surface area contributed by atoms with Crippen molar-refractivity contribution in [3.63, 3.8) is 0 Å². The third kappa shape index (κ3) is 3.08. The highest BCUT2D eigenvalue weighted by Crippen LogP contribution is 2.47. The van der Waals surface area contributed by atoms with Gasteiger partial charge in [0.05, 0.1) is 14.2 Å². The molecule has 1 aliphatic rings. The first-order valence-corrected chi connectivity index (χ1v) is 8.47. The molecule has 0 bridgehead atoms. The van der Waals surface area contributed by atoms with Crippen molar-refractivity contribution >= 4 is 0 Å². The monoisotopic (exact) mass is 310 g/mol. The van der Waals surface area contributed by atoms with Crippen LogP contribution in [0.5, 0.6) is 11.5 Å². The Morgan fingerprint density at radius 3 is 1.70 bits per heavy atom. The number of hydrogen-bond acceptors (Lipinski definition) is 2. The number of hydrogen-bond donors (Lipinski definition) is 0. The highest BCUT2D eigenvalue weighted by Gasteiger charge is 2.38. The average Bonchev–Trinajstić information content (AvgIpc) is 2.62. The summed E-state index contributed by atoms with van der Waals surface area (Å²) >= 11 is 0. The van der Waals surface area contributed by atoms with Crippen LogP contribution in [0.3, 0.4) is 0 Å². The largest absolute Gasteiger partial charge is 0.497 e. The summed E-state index contributed by atoms with van der Waals surface area (Å²) in [5.41, 5.74) is 2.90. The van der Waals surface area contributed by atoms with Crippen LogP contribution in [0.25, 0.3) is 0 Å². The lowest BCUT2D eigenvalue weighted by Crippen LogP contribution is -2.33. The van der Waals surface area contributed by atoms with E-state index in [0.717, 1.165) is 17.4 Å². The van der Waals surface area contributed by atoms with Gasteiger partial charge in [0.2, 0.25) is 0 Å². The second-order valence-corrected chi connectivity index (χ2v) is 6.74. The van der Waals surface area contributed by atoms with Crippen LogP contribution < -0.4 is 9.47 Å². The zero-order chi connectivity index (χ0) is 16.3. The number of benzene rings is 2. The quantitative estimate of drug-likeness (QED) is 0.772. The Labute approximate surface area is 139 Å². The molecule has 2 nitrogen and oxygen atoms in total. The summed E-state index contributed by atoms with van der Waals surface area (Å²) in [6.07, 6.45) is 5.01. The van der Waals surface area contributed by atoms with Gasteiger partial charge in [-0.1, -0.05) is 44.0 Å². The predicted octanol–water partition coefficient (Wildman–Crippen LogP) is 5.20. The van der Waals surface area contributed by atoms with Gasteiger partial charge >= 0.3 is 0 Å². The van der Waals surface area contributed by atoms with E-state index in [0.29, 0.717) is 0 Å². The summed E-state index contributed by atoms with van der Waals surface area (Å²) in [4.78, 5) is 0. The Bertz CT molecular complexity index is 580. The van der Waals surface area contributed by atoms with Gasteiger partial charge in [-0.2, -0.15) is 0 Å². The van der Waals surface area contributed by atoms with Crippen molar-refractivity contribution in [3.05, 3.63) is 59.7 Å². The van der Waals surface area contributed by atoms with Gasteiger partial charge < -0.3 is 9.47 Å². The molecule has 0 aliphatic heterocycles. The molecule has 1 saturated carbocycles. The maximum Gasteiger partial charge on any atom is 0.118 e. The Hall–Kier alpha value is -1.96. The van der Waals surface area contributed by atoms with Crippen molar-refractivity contribution < 1.29 is 9.47 Å². The minimum Gasteiger partial charge on any atom is -0.497 e. The lowest BCUT2D eigenvalue weighted by Gasteiger charge is -2.41. The molecule has 2 heteroatoms. The summed E-state index contributed by atoms with van der Waals surface area (Å²) < 4.78 is 10.7. The molecular weight excluding hydrogens is 284 g/mol. The molecule has 1 unspecified atom stereocenters. The number of methoxy groups -OCH3 is 2. The fourth-order valence-electron chi connectivity index (χ4n) is 4.06. The van der Waals surface area contributed by atoms with Crippen LogP contribution in [0, 0.1) is 5.92 Å². The second kappa shape index (κ2) is 6.66. The Morgan fingerprint density at radius 2 is 1.30 bits per heavy atom. The lowest BCUT2D eigenvalue weighted by atomic mass is 9.62. The molecule has 2 aromatic carbocycles. The molecule has 0 N–H and O–H groups in total. The molecule has 2 aromatic rings. The Morgan fingerprint density at radius 1 is 0.826 bits per heavy atom. The molecule has 122 valence electrons. The fourth-order valence-corrected chi connectivity index (χ4v) is 4.06. The Kier molecular flexibility index (Phi) is 4.61. The predicted molar refractivity (Wildman–Crippen MR) is 94.4 cm³/mol. The fraction of sp³-hybridized carbons (Fsp3) is 0.429. The van der Waals surface area contributed by atoms with Gasteiger partial charge in [-0.3, -0.25) is 0 Å². The summed E-state index contributed by atoms with van der Waals surface area (Å²) in [5, 5.41) is 0. The van der Waals surface area contributed by atoms with Gasteiger partial charge in [0.25, 0.3) is 0 Å². The first-order chi connectivity index (χ1) is 11.2. The van der Waals surface area contributed by atoms with Crippen LogP contribution in [0.2, 0.25) is 0 Å². The van der Waals surface area contributed by atoms with E-state index in [1.165, 1.54) is 36.8 Å². The van der Waals surface area contributed by atoms with Gasteiger partial charge in [-0.15, -0.1) is 0 Å². The summed E-state index contributed by atoms with van der Waals surface area (Å²) in [6, 6.07) is 17.3. The zero-order valence-electron chi connectivity index (χ0n) is 14.3. The third-order valence-corrected chi connectivity index (χ3v) is 5.28. The second-order valence-electron chi connectivity index (χ2n) is 6.74. The van der Waals surface area contributed by atoms with Gasteiger partial charge in [-0.25, -0.2) is 0 Å². The minimum absolute atomic E-state index is 0.107. The highest BCUT2D eigenvalue weighted by atomic mass is 16.5. The normalized spacial score (nSPS) is 20.0. The van der Waals surface area contributed by atoms with Crippen molar-refractivity contribution in [2.24, 2.45) is 5.92 Å². The van der Waals surface area contributed by atoms with Crippen LogP contribution in [-0.4, -0.2) is 14.2 Å². The van der Waals surface area contributed by atoms with E-state index in [4.69, 9.17) is 9.47 Å². The molecule has 0 heterocycles. The van der Waals surface area contributed by atoms with E-state index in [9.17, 15) is 0 Å². The highest BCUT2D eigenvalue weighted by molar-refractivity contribution is 5.43. The van der Waals surface area contributed by atoms with Crippen molar-refractivity contribution in [2.45, 2.75) is 38.0 Å². The third-order valence-electron chi connectivity index (χ3n) is 5.28. The Balaban J connectivity index is 2.05. The molecule has 0 radical (unpaired) electrons. The maximum atomic E-state index is 5.33. The molecule has 1 aliphatic carbocycles. The van der Waals surface area contributed by atoms with E-state index in [1.807, 2.05) is 0 Å². The van der Waals surface area contributed by atoms with Crippen LogP contribution in [-0.2, 0) is 5.41 Å². The average molecular weight is 310 g/mol. The molecule has 23 heavy (non-hydrogen) atoms. The van der Waals surface area contributed by atoms with Crippen LogP contribution in [0.15, 0.2) is 48.5 Å². The number of ether oxygens (including phenoxy) is 2. The molecule has 0 amide bonds. The van der Waals surface area contributed by atoms with E-state index < -0.39 is 0 Å². The van der Waals surface area contributed by atoms with Gasteiger partial charge in [0.15, 0.2) is 0 Å². The molecule has 3 rings (SSSR count). The topological polar surface area (TPSA) is 18.5 Å². The molecule has 0 saturated heterocycles. The first kappa shape index (κ1) is 15.9. The first-order valence-electron chi connectivity index (χ1n) is 8.47. The molecule has 0 spiro atoms. The summed E-state index contributed by atoms with van der Waals surface area (Å²) in [7, 11) is 3.44. The van der Waals surface area contributed by atoms with Gasteiger partial charge in [0, 0.05) is 5.41 Å². The van der Waals surface area contributed by atoms with Crippen LogP contribution in [0.4, 0.5) is 0 Å². The molecule has 0 aromatic heterocycles. The van der Waals surface area contributed by atoms with E-state index in [-0.39, 0.29) is 5.41 Å². The van der Waals surface area contributed by atoms with E-state index in [1.54, 1.807) is 14.2 Å². The van der Waals surface area contributed by atoms with E-state index in [2.05, 4.69) is 55.5 Å². The smallest absolute Gasteiger partial charge is 0.118 e. The SMILES string of the molecule is COc1ccc(C2(c3ccc(OC)cc3)CCCC(C)C2)cc1. The van der Waals surface area contributed by atoms with Crippen molar-refractivity contribution in [2.75, 3.05) is 14.2 Å². The van der Waals surface area contributed by atoms with Crippen molar-refractivity contribution in [1.29, 1.82) is 0 Å². The standard InChI is InChI=1S/C21H26O2/c1-16-5-4-14-21(15-16,17-6-10-19(22-2)11-7-17)18-8-12-20(23-3)13-9-18/h6-13,16H,4-5,14-15H2,1-3H3. The maximum absolute atomic E-state index is 5.33. The van der Waals surface area contributed by atoms with E-state index >= 15 is 0 Å². The van der Waals surface area contributed by atoms with Gasteiger partial charge in [-0.05, 0) is 54.2 Å². The van der Waals surface area contributed by atoms with Crippen molar-refractivity contribution in [1.82, 2.24) is 0 Å². The zero-order valence-corrected chi connectivity index (χ0v) is 14.3. The molecule has 1 fully saturated rings. The molecular formula is C21H26O2. The molecule has 1 atom stereocenters. The van der Waals surface area contributed by atoms with Crippen molar-refractivity contribution in [3.8, 4) is 11.5 Å². The van der Waals surface area contributed by atoms with Crippen LogP contribution in [0.1, 0.15) is 43.7 Å². The van der Waals surface area contributed by atoms with Gasteiger partial charge in [0.1, 0.15) is 11.5 Å². The summed E-state index contributed by atoms with van der Waals surface area (Å²) in [5.74, 6) is 2.58.